The van der Waals surface area contributed by atoms with E-state index in [1.165, 1.54) is 0 Å². The van der Waals surface area contributed by atoms with E-state index in [0.29, 0.717) is 30.4 Å². The van der Waals surface area contributed by atoms with Gasteiger partial charge in [0, 0.05) is 13.1 Å². The molecule has 1 amide bonds. The van der Waals surface area contributed by atoms with Crippen LogP contribution in [0.4, 0.5) is 0 Å². The lowest BCUT2D eigenvalue weighted by Crippen LogP contribution is -2.32. The molecule has 7 heteroatoms. The second-order valence-electron chi connectivity index (χ2n) is 7.05. The first kappa shape index (κ1) is 17.9. The van der Waals surface area contributed by atoms with Crippen LogP contribution in [0.3, 0.4) is 0 Å². The molecule has 1 aromatic heterocycles. The molecule has 4 rings (SSSR count). The van der Waals surface area contributed by atoms with Crippen LogP contribution < -0.4 is 5.56 Å². The van der Waals surface area contributed by atoms with E-state index in [1.807, 2.05) is 6.07 Å². The number of carbonyl (C=O) groups is 2. The highest BCUT2D eigenvalue weighted by atomic mass is 16.4. The minimum Gasteiger partial charge on any atom is -0.478 e. The Bertz CT molecular complexity index is 1120. The van der Waals surface area contributed by atoms with Crippen LogP contribution >= 0.6 is 0 Å². The molecule has 2 N–H and O–H groups in total. The highest BCUT2D eigenvalue weighted by Crippen LogP contribution is 2.22. The molecule has 1 aliphatic rings. The topological polar surface area (TPSA) is 103 Å². The van der Waals surface area contributed by atoms with Crippen molar-refractivity contribution in [3.8, 4) is 0 Å². The van der Waals surface area contributed by atoms with Gasteiger partial charge in [0.2, 0.25) is 0 Å². The number of carboxylic acids is 1. The molecule has 28 heavy (non-hydrogen) atoms. The van der Waals surface area contributed by atoms with E-state index in [4.69, 9.17) is 5.11 Å². The third-order valence-corrected chi connectivity index (χ3v) is 5.09. The van der Waals surface area contributed by atoms with Crippen molar-refractivity contribution in [1.82, 2.24) is 14.9 Å². The van der Waals surface area contributed by atoms with Crippen LogP contribution in [0.15, 0.2) is 53.3 Å². The van der Waals surface area contributed by atoms with Gasteiger partial charge in [0.1, 0.15) is 0 Å². The Morgan fingerprint density at radius 3 is 2.82 bits per heavy atom. The Morgan fingerprint density at radius 1 is 1.18 bits per heavy atom. The highest BCUT2D eigenvalue weighted by molar-refractivity contribution is 5.92. The Labute approximate surface area is 160 Å². The molecule has 1 aliphatic heterocycles. The van der Waals surface area contributed by atoms with Crippen LogP contribution in [0.5, 0.6) is 0 Å². The number of aromatic amines is 1. The maximum atomic E-state index is 12.8. The van der Waals surface area contributed by atoms with Gasteiger partial charge in [-0.1, -0.05) is 24.3 Å². The number of benzene rings is 2. The van der Waals surface area contributed by atoms with Crippen molar-refractivity contribution in [3.63, 3.8) is 0 Å². The van der Waals surface area contributed by atoms with Gasteiger partial charge in [-0.15, -0.1) is 0 Å². The summed E-state index contributed by atoms with van der Waals surface area (Å²) in [6.45, 7) is 1.13. The molecule has 0 saturated carbocycles. The van der Waals surface area contributed by atoms with E-state index in [9.17, 15) is 14.4 Å². The van der Waals surface area contributed by atoms with Gasteiger partial charge < -0.3 is 15.0 Å². The maximum Gasteiger partial charge on any atom is 0.335 e. The van der Waals surface area contributed by atoms with Gasteiger partial charge in [-0.05, 0) is 48.6 Å². The quantitative estimate of drug-likeness (QED) is 0.726. The van der Waals surface area contributed by atoms with Gasteiger partial charge in [0.05, 0.1) is 16.5 Å². The Morgan fingerprint density at radius 2 is 2.00 bits per heavy atom. The van der Waals surface area contributed by atoms with E-state index < -0.39 is 5.97 Å². The number of likely N-dealkylation sites (tertiary alicyclic amines) is 1. The first-order valence-corrected chi connectivity index (χ1v) is 9.12. The first-order chi connectivity index (χ1) is 13.5. The zero-order chi connectivity index (χ0) is 19.7. The number of aromatic nitrogens is 2. The number of carbonyl (C=O) groups excluding carboxylic acids is 1. The largest absolute Gasteiger partial charge is 0.478 e. The number of carboxylic acid groups (broad SMARTS) is 1. The Kier molecular flexibility index (Phi) is 4.65. The number of hydrogen-bond donors (Lipinski definition) is 2. The van der Waals surface area contributed by atoms with Crippen LogP contribution in [0, 0.1) is 5.92 Å². The Hall–Kier alpha value is -3.48. The molecule has 2 aromatic carbocycles. The van der Waals surface area contributed by atoms with E-state index >= 15 is 0 Å². The molecular formula is C21H19N3O4. The van der Waals surface area contributed by atoms with Gasteiger partial charge >= 0.3 is 5.97 Å². The van der Waals surface area contributed by atoms with E-state index in [-0.39, 0.29) is 28.8 Å². The molecule has 0 radical (unpaired) electrons. The standard InChI is InChI=1S/C21H19N3O4/c25-19-16-6-1-2-7-17(16)22-18(23-19)20(26)24-9-8-14(12-24)10-13-4-3-5-15(11-13)21(27)28/h1-7,11,14H,8-10,12H2,(H,27,28)(H,22,23,25). The fourth-order valence-electron chi connectivity index (χ4n) is 3.69. The molecule has 0 bridgehead atoms. The number of rotatable bonds is 4. The van der Waals surface area contributed by atoms with Gasteiger partial charge in [-0.2, -0.15) is 0 Å². The SMILES string of the molecule is O=C(O)c1cccc(CC2CCN(C(=O)c3nc4ccccc4c(=O)[nH]3)C2)c1. The number of para-hydroxylation sites is 1. The van der Waals surface area contributed by atoms with Crippen molar-refractivity contribution >= 4 is 22.8 Å². The molecule has 0 spiro atoms. The molecular weight excluding hydrogens is 358 g/mol. The fraction of sp³-hybridized carbons (Fsp3) is 0.238. The highest BCUT2D eigenvalue weighted by Gasteiger charge is 2.28. The molecule has 3 aromatic rings. The lowest BCUT2D eigenvalue weighted by molar-refractivity contribution is 0.0696. The maximum absolute atomic E-state index is 12.8. The number of nitrogens with one attached hydrogen (secondary N) is 1. The average molecular weight is 377 g/mol. The summed E-state index contributed by atoms with van der Waals surface area (Å²) in [5.74, 6) is -0.946. The summed E-state index contributed by atoms with van der Waals surface area (Å²) in [5, 5.41) is 9.58. The molecule has 2 heterocycles. The predicted molar refractivity (Wildman–Crippen MR) is 103 cm³/mol. The van der Waals surface area contributed by atoms with Crippen LogP contribution in [0.2, 0.25) is 0 Å². The number of fused-ring (bicyclic) bond motifs is 1. The molecule has 1 fully saturated rings. The summed E-state index contributed by atoms with van der Waals surface area (Å²) in [4.78, 5) is 44.7. The summed E-state index contributed by atoms with van der Waals surface area (Å²) in [5.41, 5.74) is 1.38. The minimum absolute atomic E-state index is 0.0530. The van der Waals surface area contributed by atoms with Crippen LogP contribution in [0.25, 0.3) is 10.9 Å². The van der Waals surface area contributed by atoms with Crippen molar-refractivity contribution in [2.75, 3.05) is 13.1 Å². The zero-order valence-corrected chi connectivity index (χ0v) is 15.1. The lowest BCUT2D eigenvalue weighted by Gasteiger charge is -2.16. The van der Waals surface area contributed by atoms with Crippen LogP contribution in [-0.2, 0) is 6.42 Å². The Balaban J connectivity index is 1.48. The number of amides is 1. The van der Waals surface area contributed by atoms with Gasteiger partial charge in [-0.25, -0.2) is 9.78 Å². The van der Waals surface area contributed by atoms with Crippen LogP contribution in [0.1, 0.15) is 33.0 Å². The van der Waals surface area contributed by atoms with Crippen molar-refractivity contribution in [1.29, 1.82) is 0 Å². The number of H-pyrrole nitrogens is 1. The molecule has 142 valence electrons. The van der Waals surface area contributed by atoms with Gasteiger partial charge in [0.25, 0.3) is 11.5 Å². The van der Waals surface area contributed by atoms with Crippen LogP contribution in [-0.4, -0.2) is 44.9 Å². The molecule has 1 atom stereocenters. The number of nitrogens with zero attached hydrogens (tertiary/aromatic N) is 2. The summed E-state index contributed by atoms with van der Waals surface area (Å²) in [7, 11) is 0. The van der Waals surface area contributed by atoms with E-state index in [1.54, 1.807) is 47.4 Å². The zero-order valence-electron chi connectivity index (χ0n) is 15.1. The molecule has 0 aliphatic carbocycles. The van der Waals surface area contributed by atoms with Crippen molar-refractivity contribution in [2.24, 2.45) is 5.92 Å². The molecule has 7 nitrogen and oxygen atoms in total. The lowest BCUT2D eigenvalue weighted by atomic mass is 9.97. The summed E-state index contributed by atoms with van der Waals surface area (Å²) >= 11 is 0. The van der Waals surface area contributed by atoms with Crippen molar-refractivity contribution in [3.05, 3.63) is 75.8 Å². The smallest absolute Gasteiger partial charge is 0.335 e. The number of aromatic carboxylic acids is 1. The van der Waals surface area contributed by atoms with Crippen molar-refractivity contribution < 1.29 is 14.7 Å². The summed E-state index contributed by atoms with van der Waals surface area (Å²) in [6, 6.07) is 13.8. The first-order valence-electron chi connectivity index (χ1n) is 9.12. The van der Waals surface area contributed by atoms with E-state index in [0.717, 1.165) is 12.0 Å². The monoisotopic (exact) mass is 377 g/mol. The number of hydrogen-bond acceptors (Lipinski definition) is 4. The van der Waals surface area contributed by atoms with Crippen molar-refractivity contribution in [2.45, 2.75) is 12.8 Å². The third-order valence-electron chi connectivity index (χ3n) is 5.09. The molecule has 1 saturated heterocycles. The second-order valence-corrected chi connectivity index (χ2v) is 7.05. The van der Waals surface area contributed by atoms with Gasteiger partial charge in [-0.3, -0.25) is 9.59 Å². The normalized spacial score (nSPS) is 16.4. The molecule has 1 unspecified atom stereocenters. The van der Waals surface area contributed by atoms with Gasteiger partial charge in [0.15, 0.2) is 5.82 Å². The summed E-state index contributed by atoms with van der Waals surface area (Å²) in [6.07, 6.45) is 1.52. The fourth-order valence-corrected chi connectivity index (χ4v) is 3.69. The average Bonchev–Trinajstić information content (AvgIpc) is 3.16. The second kappa shape index (κ2) is 7.26. The van der Waals surface area contributed by atoms with E-state index in [2.05, 4.69) is 9.97 Å². The minimum atomic E-state index is -0.948. The summed E-state index contributed by atoms with van der Waals surface area (Å²) < 4.78 is 0. The predicted octanol–water partition coefficient (Wildman–Crippen LogP) is 2.33. The third kappa shape index (κ3) is 3.51.